The summed E-state index contributed by atoms with van der Waals surface area (Å²) in [4.78, 5) is 3.40. The summed E-state index contributed by atoms with van der Waals surface area (Å²) in [5.41, 5.74) is 5.37. The minimum atomic E-state index is -4.62. The normalized spacial score (nSPS) is 23.0. The van der Waals surface area contributed by atoms with Gasteiger partial charge in [0.2, 0.25) is 0 Å². The van der Waals surface area contributed by atoms with Crippen molar-refractivity contribution in [2.24, 2.45) is 11.1 Å². The molecule has 0 bridgehead atoms. The molecule has 0 atom stereocenters. The van der Waals surface area contributed by atoms with Crippen molar-refractivity contribution in [3.8, 4) is 0 Å². The lowest BCUT2D eigenvalue weighted by molar-refractivity contribution is -0.159. The maximum atomic E-state index is 12.4. The molecule has 0 aliphatic heterocycles. The summed E-state index contributed by atoms with van der Waals surface area (Å²) in [5.74, 6) is -1.36. The molecule has 0 unspecified atom stereocenters. The standard InChI is InChI=1S/C11H16F3N3O/c1-9(2)3-5-10(15,6-4-9)7-16-8(18-17-7)11(12,13)14/h3-6,15H2,1-2H3. The molecule has 0 radical (unpaired) electrons. The molecule has 1 aromatic rings. The lowest BCUT2D eigenvalue weighted by Crippen LogP contribution is -2.43. The molecule has 0 aromatic carbocycles. The Hall–Kier alpha value is -1.11. The second-order valence-electron chi connectivity index (χ2n) is 5.74. The summed E-state index contributed by atoms with van der Waals surface area (Å²) >= 11 is 0. The highest BCUT2D eigenvalue weighted by Crippen LogP contribution is 2.43. The third-order valence-corrected chi connectivity index (χ3v) is 3.61. The molecule has 0 spiro atoms. The van der Waals surface area contributed by atoms with Crippen LogP contribution in [0.2, 0.25) is 0 Å². The van der Waals surface area contributed by atoms with E-state index in [4.69, 9.17) is 5.73 Å². The van der Waals surface area contributed by atoms with Gasteiger partial charge in [-0.3, -0.25) is 0 Å². The zero-order valence-electron chi connectivity index (χ0n) is 10.3. The number of rotatable bonds is 1. The van der Waals surface area contributed by atoms with E-state index in [0.717, 1.165) is 12.8 Å². The Morgan fingerprint density at radius 3 is 2.17 bits per heavy atom. The van der Waals surface area contributed by atoms with Crippen LogP contribution in [0.15, 0.2) is 4.52 Å². The summed E-state index contributed by atoms with van der Waals surface area (Å²) in [6.07, 6.45) is -1.82. The molecule has 1 fully saturated rings. The van der Waals surface area contributed by atoms with E-state index in [1.807, 2.05) is 0 Å². The van der Waals surface area contributed by atoms with Crippen molar-refractivity contribution in [2.75, 3.05) is 0 Å². The lowest BCUT2D eigenvalue weighted by Gasteiger charge is -2.39. The number of hydrogen-bond donors (Lipinski definition) is 1. The van der Waals surface area contributed by atoms with Crippen LogP contribution in [-0.4, -0.2) is 10.1 Å². The van der Waals surface area contributed by atoms with Gasteiger partial charge < -0.3 is 10.3 Å². The van der Waals surface area contributed by atoms with Gasteiger partial charge in [0.05, 0.1) is 5.54 Å². The van der Waals surface area contributed by atoms with Gasteiger partial charge in [-0.25, -0.2) is 0 Å². The average Bonchev–Trinajstić information content (AvgIpc) is 2.72. The Balaban J connectivity index is 2.19. The second-order valence-corrected chi connectivity index (χ2v) is 5.74. The fraction of sp³-hybridized carbons (Fsp3) is 0.818. The molecule has 2 rings (SSSR count). The third-order valence-electron chi connectivity index (χ3n) is 3.61. The molecule has 0 amide bonds. The predicted molar refractivity (Wildman–Crippen MR) is 57.4 cm³/mol. The van der Waals surface area contributed by atoms with E-state index in [0.29, 0.717) is 12.8 Å². The smallest absolute Gasteiger partial charge is 0.329 e. The summed E-state index contributed by atoms with van der Waals surface area (Å²) in [6, 6.07) is 0. The van der Waals surface area contributed by atoms with Gasteiger partial charge in [-0.2, -0.15) is 18.2 Å². The monoisotopic (exact) mass is 263 g/mol. The zero-order valence-corrected chi connectivity index (χ0v) is 10.3. The molecule has 1 aromatic heterocycles. The summed E-state index contributed by atoms with van der Waals surface area (Å²) < 4.78 is 41.4. The van der Waals surface area contributed by atoms with Gasteiger partial charge >= 0.3 is 12.1 Å². The van der Waals surface area contributed by atoms with Crippen LogP contribution < -0.4 is 5.73 Å². The highest BCUT2D eigenvalue weighted by atomic mass is 19.4. The summed E-state index contributed by atoms with van der Waals surface area (Å²) in [5, 5.41) is 3.39. The Kier molecular flexibility index (Phi) is 2.92. The quantitative estimate of drug-likeness (QED) is 0.846. The SMILES string of the molecule is CC1(C)CCC(N)(c2noc(C(F)(F)F)n2)CC1. The Labute approximate surface area is 103 Å². The van der Waals surface area contributed by atoms with E-state index in [1.54, 1.807) is 0 Å². The van der Waals surface area contributed by atoms with Crippen LogP contribution >= 0.6 is 0 Å². The van der Waals surface area contributed by atoms with Crippen LogP contribution in [-0.2, 0) is 11.7 Å². The molecule has 1 saturated carbocycles. The van der Waals surface area contributed by atoms with Crippen LogP contribution in [0, 0.1) is 5.41 Å². The van der Waals surface area contributed by atoms with Crippen LogP contribution in [0.4, 0.5) is 13.2 Å². The first-order valence-corrected chi connectivity index (χ1v) is 5.83. The molecular formula is C11H16F3N3O. The van der Waals surface area contributed by atoms with Crippen LogP contribution in [0.1, 0.15) is 51.2 Å². The van der Waals surface area contributed by atoms with E-state index in [9.17, 15) is 13.2 Å². The van der Waals surface area contributed by atoms with Crippen molar-refractivity contribution < 1.29 is 17.7 Å². The summed E-state index contributed by atoms with van der Waals surface area (Å²) in [7, 11) is 0. The minimum absolute atomic E-state index is 0.0367. The molecule has 1 aliphatic carbocycles. The molecule has 1 aliphatic rings. The average molecular weight is 263 g/mol. The highest BCUT2D eigenvalue weighted by molar-refractivity contribution is 5.07. The molecule has 4 nitrogen and oxygen atoms in total. The molecular weight excluding hydrogens is 247 g/mol. The maximum absolute atomic E-state index is 12.4. The molecule has 18 heavy (non-hydrogen) atoms. The van der Waals surface area contributed by atoms with Crippen LogP contribution in [0.25, 0.3) is 0 Å². The van der Waals surface area contributed by atoms with Gasteiger partial charge in [0.15, 0.2) is 5.82 Å². The van der Waals surface area contributed by atoms with Crippen molar-refractivity contribution in [3.63, 3.8) is 0 Å². The number of hydrogen-bond acceptors (Lipinski definition) is 4. The number of aromatic nitrogens is 2. The Morgan fingerprint density at radius 1 is 1.17 bits per heavy atom. The first-order valence-electron chi connectivity index (χ1n) is 5.83. The topological polar surface area (TPSA) is 64.9 Å². The first kappa shape index (κ1) is 13.3. The Bertz CT molecular complexity index is 429. The fourth-order valence-electron chi connectivity index (χ4n) is 2.14. The minimum Gasteiger partial charge on any atom is -0.329 e. The van der Waals surface area contributed by atoms with Gasteiger partial charge in [-0.15, -0.1) is 0 Å². The van der Waals surface area contributed by atoms with Gasteiger partial charge in [0, 0.05) is 0 Å². The second kappa shape index (κ2) is 3.94. The number of nitrogens with zero attached hydrogens (tertiary/aromatic N) is 2. The maximum Gasteiger partial charge on any atom is 0.471 e. The summed E-state index contributed by atoms with van der Waals surface area (Å²) in [6.45, 7) is 4.23. The molecule has 2 N–H and O–H groups in total. The number of nitrogens with two attached hydrogens (primary N) is 1. The molecule has 0 saturated heterocycles. The number of halogens is 3. The van der Waals surface area contributed by atoms with Gasteiger partial charge in [-0.05, 0) is 31.1 Å². The van der Waals surface area contributed by atoms with Crippen LogP contribution in [0.3, 0.4) is 0 Å². The van der Waals surface area contributed by atoms with E-state index in [1.165, 1.54) is 0 Å². The van der Waals surface area contributed by atoms with Crippen LogP contribution in [0.5, 0.6) is 0 Å². The van der Waals surface area contributed by atoms with E-state index < -0.39 is 17.6 Å². The largest absolute Gasteiger partial charge is 0.471 e. The van der Waals surface area contributed by atoms with Crippen molar-refractivity contribution in [3.05, 3.63) is 11.7 Å². The van der Waals surface area contributed by atoms with Gasteiger partial charge in [0.25, 0.3) is 0 Å². The van der Waals surface area contributed by atoms with Gasteiger partial charge in [-0.1, -0.05) is 19.0 Å². The van der Waals surface area contributed by atoms with Gasteiger partial charge in [0.1, 0.15) is 0 Å². The van der Waals surface area contributed by atoms with E-state index in [-0.39, 0.29) is 11.2 Å². The first-order chi connectivity index (χ1) is 8.12. The predicted octanol–water partition coefficient (Wildman–Crippen LogP) is 2.84. The highest BCUT2D eigenvalue weighted by Gasteiger charge is 2.44. The van der Waals surface area contributed by atoms with Crippen molar-refractivity contribution in [1.82, 2.24) is 10.1 Å². The lowest BCUT2D eigenvalue weighted by atomic mass is 9.69. The Morgan fingerprint density at radius 2 is 1.72 bits per heavy atom. The molecule has 7 heteroatoms. The van der Waals surface area contributed by atoms with Crippen molar-refractivity contribution in [2.45, 2.75) is 51.2 Å². The van der Waals surface area contributed by atoms with Crippen molar-refractivity contribution >= 4 is 0 Å². The third kappa shape index (κ3) is 2.50. The van der Waals surface area contributed by atoms with E-state index in [2.05, 4.69) is 28.5 Å². The molecule has 1 heterocycles. The number of alkyl halides is 3. The van der Waals surface area contributed by atoms with Crippen molar-refractivity contribution in [1.29, 1.82) is 0 Å². The fourth-order valence-corrected chi connectivity index (χ4v) is 2.14. The van der Waals surface area contributed by atoms with E-state index >= 15 is 0 Å². The zero-order chi connectivity index (χ0) is 13.6. The molecule has 102 valence electrons.